The Morgan fingerprint density at radius 2 is 2.08 bits per heavy atom. The van der Waals surface area contributed by atoms with Crippen LogP contribution >= 0.6 is 0 Å². The third kappa shape index (κ3) is 1.75. The number of carbonyl (C=O) groups is 1. The van der Waals surface area contributed by atoms with Crippen LogP contribution in [0.3, 0.4) is 0 Å². The molecule has 0 spiro atoms. The topological polar surface area (TPSA) is 57.5 Å². The molecule has 0 fully saturated rings. The standard InChI is InChI=1S/C10H16O3/c1-6-7(11)4-5-10(2,3)8(6)9(12)13/h7,11H,4-5H2,1-3H3,(H,12,13)/t7-/m1/s1. The monoisotopic (exact) mass is 184 g/mol. The van der Waals surface area contributed by atoms with E-state index in [1.165, 1.54) is 0 Å². The second kappa shape index (κ2) is 3.14. The second-order valence-electron chi connectivity index (χ2n) is 4.30. The molecule has 0 aromatic heterocycles. The number of carboxylic acid groups (broad SMARTS) is 1. The summed E-state index contributed by atoms with van der Waals surface area (Å²) < 4.78 is 0. The molecule has 74 valence electrons. The molecule has 3 nitrogen and oxygen atoms in total. The van der Waals surface area contributed by atoms with Gasteiger partial charge in [-0.1, -0.05) is 13.8 Å². The Labute approximate surface area is 78.1 Å². The highest BCUT2D eigenvalue weighted by atomic mass is 16.4. The average molecular weight is 184 g/mol. The average Bonchev–Trinajstić information content (AvgIpc) is 1.96. The van der Waals surface area contributed by atoms with E-state index in [-0.39, 0.29) is 5.41 Å². The minimum atomic E-state index is -0.902. The molecule has 0 heterocycles. The van der Waals surface area contributed by atoms with Gasteiger partial charge in [0.05, 0.1) is 6.10 Å². The summed E-state index contributed by atoms with van der Waals surface area (Å²) in [4.78, 5) is 11.0. The highest BCUT2D eigenvalue weighted by molar-refractivity contribution is 5.89. The van der Waals surface area contributed by atoms with Gasteiger partial charge in [-0.3, -0.25) is 0 Å². The van der Waals surface area contributed by atoms with Crippen molar-refractivity contribution in [1.29, 1.82) is 0 Å². The number of aliphatic carboxylic acids is 1. The molecule has 0 radical (unpaired) electrons. The number of aliphatic hydroxyl groups is 1. The van der Waals surface area contributed by atoms with Gasteiger partial charge in [0.15, 0.2) is 0 Å². The third-order valence-electron chi connectivity index (χ3n) is 2.83. The number of hydrogen-bond donors (Lipinski definition) is 2. The number of hydrogen-bond acceptors (Lipinski definition) is 2. The molecule has 3 heteroatoms. The molecule has 2 N–H and O–H groups in total. The van der Waals surface area contributed by atoms with E-state index in [0.717, 1.165) is 6.42 Å². The maximum atomic E-state index is 11.0. The van der Waals surface area contributed by atoms with Crippen LogP contribution in [0.1, 0.15) is 33.6 Å². The predicted molar refractivity (Wildman–Crippen MR) is 49.4 cm³/mol. The molecule has 0 aliphatic heterocycles. The van der Waals surface area contributed by atoms with Gasteiger partial charge < -0.3 is 10.2 Å². The highest BCUT2D eigenvalue weighted by Gasteiger charge is 2.36. The van der Waals surface area contributed by atoms with Crippen molar-refractivity contribution in [2.75, 3.05) is 0 Å². The summed E-state index contributed by atoms with van der Waals surface area (Å²) in [5.41, 5.74) is 0.685. The molecule has 1 aliphatic rings. The van der Waals surface area contributed by atoms with Crippen LogP contribution < -0.4 is 0 Å². The van der Waals surface area contributed by atoms with Gasteiger partial charge in [-0.05, 0) is 30.8 Å². The van der Waals surface area contributed by atoms with E-state index in [9.17, 15) is 9.90 Å². The van der Waals surface area contributed by atoms with Crippen molar-refractivity contribution in [2.24, 2.45) is 5.41 Å². The highest BCUT2D eigenvalue weighted by Crippen LogP contribution is 2.40. The molecule has 0 aromatic carbocycles. The van der Waals surface area contributed by atoms with Gasteiger partial charge in [-0.15, -0.1) is 0 Å². The maximum absolute atomic E-state index is 11.0. The smallest absolute Gasteiger partial charge is 0.332 e. The van der Waals surface area contributed by atoms with Crippen molar-refractivity contribution in [1.82, 2.24) is 0 Å². The number of aliphatic hydroxyl groups excluding tert-OH is 1. The number of carboxylic acids is 1. The van der Waals surface area contributed by atoms with Crippen LogP contribution in [0.5, 0.6) is 0 Å². The zero-order valence-corrected chi connectivity index (χ0v) is 8.29. The fraction of sp³-hybridized carbons (Fsp3) is 0.700. The van der Waals surface area contributed by atoms with Gasteiger partial charge in [0.2, 0.25) is 0 Å². The molecule has 1 atom stereocenters. The first-order chi connectivity index (χ1) is 5.86. The van der Waals surface area contributed by atoms with Crippen LogP contribution in [0.2, 0.25) is 0 Å². The SMILES string of the molecule is CC1=C(C(=O)O)C(C)(C)CC[C@H]1O. The first-order valence-electron chi connectivity index (χ1n) is 4.49. The fourth-order valence-corrected chi connectivity index (χ4v) is 2.00. The molecular weight excluding hydrogens is 168 g/mol. The zero-order chi connectivity index (χ0) is 10.2. The number of rotatable bonds is 1. The Morgan fingerprint density at radius 3 is 2.46 bits per heavy atom. The van der Waals surface area contributed by atoms with Gasteiger partial charge in [0.1, 0.15) is 0 Å². The fourth-order valence-electron chi connectivity index (χ4n) is 2.00. The Kier molecular flexibility index (Phi) is 2.48. The minimum absolute atomic E-state index is 0.310. The van der Waals surface area contributed by atoms with Crippen molar-refractivity contribution >= 4 is 5.97 Å². The van der Waals surface area contributed by atoms with Crippen molar-refractivity contribution < 1.29 is 15.0 Å². The lowest BCUT2D eigenvalue weighted by Gasteiger charge is -2.34. The Balaban J connectivity index is 3.17. The Hall–Kier alpha value is -0.830. The molecule has 1 rings (SSSR count). The molecule has 0 saturated heterocycles. The van der Waals surface area contributed by atoms with Gasteiger partial charge in [-0.2, -0.15) is 0 Å². The van der Waals surface area contributed by atoms with E-state index in [0.29, 0.717) is 17.6 Å². The molecule has 0 aromatic rings. The Bertz CT molecular complexity index is 263. The summed E-state index contributed by atoms with van der Waals surface area (Å²) in [6.07, 6.45) is 0.821. The van der Waals surface area contributed by atoms with E-state index in [2.05, 4.69) is 0 Å². The summed E-state index contributed by atoms with van der Waals surface area (Å²) in [7, 11) is 0. The summed E-state index contributed by atoms with van der Waals surface area (Å²) in [6.45, 7) is 5.52. The van der Waals surface area contributed by atoms with E-state index < -0.39 is 12.1 Å². The van der Waals surface area contributed by atoms with Crippen molar-refractivity contribution in [3.05, 3.63) is 11.1 Å². The quantitative estimate of drug-likeness (QED) is 0.650. The lowest BCUT2D eigenvalue weighted by atomic mass is 9.72. The summed E-state index contributed by atoms with van der Waals surface area (Å²) in [5.74, 6) is -0.902. The Morgan fingerprint density at radius 1 is 1.54 bits per heavy atom. The summed E-state index contributed by atoms with van der Waals surface area (Å²) >= 11 is 0. The van der Waals surface area contributed by atoms with Crippen LogP contribution in [0.25, 0.3) is 0 Å². The lowest BCUT2D eigenvalue weighted by molar-refractivity contribution is -0.134. The molecule has 1 aliphatic carbocycles. The molecule has 0 amide bonds. The largest absolute Gasteiger partial charge is 0.478 e. The van der Waals surface area contributed by atoms with E-state index in [4.69, 9.17) is 5.11 Å². The minimum Gasteiger partial charge on any atom is -0.478 e. The zero-order valence-electron chi connectivity index (χ0n) is 8.29. The van der Waals surface area contributed by atoms with Crippen molar-refractivity contribution in [3.8, 4) is 0 Å². The third-order valence-corrected chi connectivity index (χ3v) is 2.83. The lowest BCUT2D eigenvalue weighted by Crippen LogP contribution is -2.31. The second-order valence-corrected chi connectivity index (χ2v) is 4.30. The van der Waals surface area contributed by atoms with Crippen molar-refractivity contribution in [3.63, 3.8) is 0 Å². The van der Waals surface area contributed by atoms with Crippen LogP contribution in [0.4, 0.5) is 0 Å². The van der Waals surface area contributed by atoms with E-state index in [1.54, 1.807) is 6.92 Å². The molecular formula is C10H16O3. The van der Waals surface area contributed by atoms with Gasteiger partial charge in [-0.25, -0.2) is 4.79 Å². The molecule has 0 saturated carbocycles. The summed E-state index contributed by atoms with van der Waals surface area (Å²) in [5, 5.41) is 18.5. The molecule has 0 bridgehead atoms. The van der Waals surface area contributed by atoms with E-state index >= 15 is 0 Å². The maximum Gasteiger partial charge on any atom is 0.332 e. The van der Waals surface area contributed by atoms with E-state index in [1.807, 2.05) is 13.8 Å². The van der Waals surface area contributed by atoms with Crippen LogP contribution in [0.15, 0.2) is 11.1 Å². The first kappa shape index (κ1) is 10.3. The first-order valence-corrected chi connectivity index (χ1v) is 4.49. The van der Waals surface area contributed by atoms with Gasteiger partial charge in [0, 0.05) is 5.57 Å². The normalized spacial score (nSPS) is 27.5. The predicted octanol–water partition coefficient (Wildman–Crippen LogP) is 1.57. The van der Waals surface area contributed by atoms with Crippen LogP contribution in [-0.2, 0) is 4.79 Å². The van der Waals surface area contributed by atoms with Crippen molar-refractivity contribution in [2.45, 2.75) is 39.7 Å². The van der Waals surface area contributed by atoms with Crippen LogP contribution in [0, 0.1) is 5.41 Å². The van der Waals surface area contributed by atoms with Gasteiger partial charge >= 0.3 is 5.97 Å². The molecule has 13 heavy (non-hydrogen) atoms. The van der Waals surface area contributed by atoms with Crippen LogP contribution in [-0.4, -0.2) is 22.3 Å². The molecule has 0 unspecified atom stereocenters. The summed E-state index contributed by atoms with van der Waals surface area (Å²) in [6, 6.07) is 0. The van der Waals surface area contributed by atoms with Gasteiger partial charge in [0.25, 0.3) is 0 Å².